The summed E-state index contributed by atoms with van der Waals surface area (Å²) in [5.41, 5.74) is 1.46. The van der Waals surface area contributed by atoms with Gasteiger partial charge in [-0.1, -0.05) is 43.2 Å². The average Bonchev–Trinajstić information content (AvgIpc) is 3.37. The molecule has 2 fully saturated rings. The van der Waals surface area contributed by atoms with E-state index in [0.29, 0.717) is 12.6 Å². The standard InChI is InChI=1S/C23H34N6/c1-18-26-27-22(28(18)2)17-24-23(25-21-10-6-7-11-21)29-14-12-20(13-15-29)16-19-8-4-3-5-9-19/h3-5,8-9,20-21H,6-7,10-17H2,1-2H3,(H,24,25). The van der Waals surface area contributed by atoms with E-state index < -0.39 is 0 Å². The zero-order valence-electron chi connectivity index (χ0n) is 17.8. The first kappa shape index (κ1) is 19.9. The fourth-order valence-electron chi connectivity index (χ4n) is 4.52. The summed E-state index contributed by atoms with van der Waals surface area (Å²) in [6.45, 7) is 4.72. The summed E-state index contributed by atoms with van der Waals surface area (Å²) in [4.78, 5) is 7.43. The quantitative estimate of drug-likeness (QED) is 0.623. The molecule has 1 saturated carbocycles. The third kappa shape index (κ3) is 5.17. The van der Waals surface area contributed by atoms with Gasteiger partial charge in [0.2, 0.25) is 0 Å². The zero-order chi connectivity index (χ0) is 20.1. The van der Waals surface area contributed by atoms with Gasteiger partial charge in [-0.05, 0) is 50.5 Å². The number of hydrogen-bond donors (Lipinski definition) is 1. The van der Waals surface area contributed by atoms with Crippen molar-refractivity contribution in [3.05, 3.63) is 47.5 Å². The number of rotatable bonds is 5. The first-order valence-corrected chi connectivity index (χ1v) is 11.1. The number of guanidine groups is 1. The Balaban J connectivity index is 1.39. The summed E-state index contributed by atoms with van der Waals surface area (Å²) >= 11 is 0. The molecule has 2 heterocycles. The number of nitrogens with zero attached hydrogens (tertiary/aromatic N) is 5. The van der Waals surface area contributed by atoms with E-state index in [1.54, 1.807) is 0 Å². The molecule has 6 heteroatoms. The third-order valence-electron chi connectivity index (χ3n) is 6.52. The number of hydrogen-bond acceptors (Lipinski definition) is 3. The highest BCUT2D eigenvalue weighted by molar-refractivity contribution is 5.80. The Hall–Kier alpha value is -2.37. The lowest BCUT2D eigenvalue weighted by Gasteiger charge is -2.35. The average molecular weight is 395 g/mol. The monoisotopic (exact) mass is 394 g/mol. The normalized spacial score (nSPS) is 19.1. The molecule has 156 valence electrons. The van der Waals surface area contributed by atoms with Crippen molar-refractivity contribution in [1.29, 1.82) is 0 Å². The highest BCUT2D eigenvalue weighted by Crippen LogP contribution is 2.23. The maximum atomic E-state index is 4.97. The van der Waals surface area contributed by atoms with Gasteiger partial charge in [-0.3, -0.25) is 0 Å². The minimum absolute atomic E-state index is 0.567. The van der Waals surface area contributed by atoms with Gasteiger partial charge in [0.1, 0.15) is 12.4 Å². The second-order valence-electron chi connectivity index (χ2n) is 8.61. The summed E-state index contributed by atoms with van der Waals surface area (Å²) in [6, 6.07) is 11.5. The van der Waals surface area contributed by atoms with E-state index in [4.69, 9.17) is 4.99 Å². The Morgan fingerprint density at radius 3 is 2.45 bits per heavy atom. The van der Waals surface area contributed by atoms with E-state index in [0.717, 1.165) is 36.6 Å². The van der Waals surface area contributed by atoms with Crippen LogP contribution in [0, 0.1) is 12.8 Å². The molecule has 0 amide bonds. The predicted octanol–water partition coefficient (Wildman–Crippen LogP) is 3.47. The van der Waals surface area contributed by atoms with E-state index >= 15 is 0 Å². The molecule has 1 N–H and O–H groups in total. The van der Waals surface area contributed by atoms with E-state index in [-0.39, 0.29) is 0 Å². The first-order valence-electron chi connectivity index (χ1n) is 11.1. The SMILES string of the molecule is Cc1nnc(CN=C(NC2CCCC2)N2CCC(Cc3ccccc3)CC2)n1C. The van der Waals surface area contributed by atoms with Crippen molar-refractivity contribution < 1.29 is 0 Å². The molecule has 1 aliphatic heterocycles. The van der Waals surface area contributed by atoms with Crippen molar-refractivity contribution in [2.45, 2.75) is 64.5 Å². The van der Waals surface area contributed by atoms with Crippen LogP contribution in [0.4, 0.5) is 0 Å². The van der Waals surface area contributed by atoms with Gasteiger partial charge in [-0.2, -0.15) is 0 Å². The first-order chi connectivity index (χ1) is 14.2. The smallest absolute Gasteiger partial charge is 0.194 e. The van der Waals surface area contributed by atoms with Crippen LogP contribution in [0.3, 0.4) is 0 Å². The Morgan fingerprint density at radius 1 is 1.07 bits per heavy atom. The van der Waals surface area contributed by atoms with E-state index in [2.05, 4.69) is 50.7 Å². The maximum Gasteiger partial charge on any atom is 0.194 e. The molecule has 1 aromatic heterocycles. The van der Waals surface area contributed by atoms with Crippen LogP contribution in [0.1, 0.15) is 55.7 Å². The van der Waals surface area contributed by atoms with E-state index in [9.17, 15) is 0 Å². The number of aryl methyl sites for hydroxylation is 1. The zero-order valence-corrected chi connectivity index (χ0v) is 17.8. The Bertz CT molecular complexity index is 798. The lowest BCUT2D eigenvalue weighted by Crippen LogP contribution is -2.48. The summed E-state index contributed by atoms with van der Waals surface area (Å²) in [5, 5.41) is 12.2. The Morgan fingerprint density at radius 2 is 1.79 bits per heavy atom. The third-order valence-corrected chi connectivity index (χ3v) is 6.52. The summed E-state index contributed by atoms with van der Waals surface area (Å²) < 4.78 is 2.03. The molecule has 0 unspecified atom stereocenters. The van der Waals surface area contributed by atoms with Crippen molar-refractivity contribution in [1.82, 2.24) is 25.0 Å². The number of aromatic nitrogens is 3. The van der Waals surface area contributed by atoms with Crippen molar-refractivity contribution in [3.63, 3.8) is 0 Å². The highest BCUT2D eigenvalue weighted by atomic mass is 15.3. The molecule has 1 saturated heterocycles. The number of nitrogens with one attached hydrogen (secondary N) is 1. The maximum absolute atomic E-state index is 4.97. The molecule has 0 bridgehead atoms. The summed E-state index contributed by atoms with van der Waals surface area (Å²) in [7, 11) is 2.01. The molecule has 29 heavy (non-hydrogen) atoms. The van der Waals surface area contributed by atoms with Gasteiger partial charge >= 0.3 is 0 Å². The van der Waals surface area contributed by atoms with Gasteiger partial charge in [-0.15, -0.1) is 10.2 Å². The fraction of sp³-hybridized carbons (Fsp3) is 0.609. The van der Waals surface area contributed by atoms with Crippen LogP contribution in [-0.2, 0) is 20.0 Å². The second-order valence-corrected chi connectivity index (χ2v) is 8.61. The van der Waals surface area contributed by atoms with Crippen LogP contribution in [-0.4, -0.2) is 44.8 Å². The largest absolute Gasteiger partial charge is 0.353 e. The predicted molar refractivity (Wildman–Crippen MR) is 117 cm³/mol. The van der Waals surface area contributed by atoms with Crippen LogP contribution in [0.5, 0.6) is 0 Å². The van der Waals surface area contributed by atoms with Crippen LogP contribution >= 0.6 is 0 Å². The van der Waals surface area contributed by atoms with Gasteiger partial charge in [0.05, 0.1) is 0 Å². The minimum atomic E-state index is 0.567. The van der Waals surface area contributed by atoms with Crippen LogP contribution in [0.25, 0.3) is 0 Å². The molecule has 0 spiro atoms. The lowest BCUT2D eigenvalue weighted by molar-refractivity contribution is 0.256. The number of aliphatic imine (C=N–C) groups is 1. The second kappa shape index (κ2) is 9.42. The Labute approximate surface area is 174 Å². The van der Waals surface area contributed by atoms with Crippen molar-refractivity contribution in [2.75, 3.05) is 13.1 Å². The molecule has 4 rings (SSSR count). The van der Waals surface area contributed by atoms with Crippen LogP contribution in [0.15, 0.2) is 35.3 Å². The molecular formula is C23H34N6. The lowest BCUT2D eigenvalue weighted by atomic mass is 9.90. The molecule has 6 nitrogen and oxygen atoms in total. The van der Waals surface area contributed by atoms with Gasteiger partial charge in [0, 0.05) is 26.2 Å². The topological polar surface area (TPSA) is 58.3 Å². The van der Waals surface area contributed by atoms with Gasteiger partial charge in [0.25, 0.3) is 0 Å². The minimum Gasteiger partial charge on any atom is -0.353 e. The van der Waals surface area contributed by atoms with Crippen LogP contribution < -0.4 is 5.32 Å². The van der Waals surface area contributed by atoms with Crippen molar-refractivity contribution in [2.24, 2.45) is 18.0 Å². The fourth-order valence-corrected chi connectivity index (χ4v) is 4.52. The molecule has 1 aromatic carbocycles. The number of benzene rings is 1. The highest BCUT2D eigenvalue weighted by Gasteiger charge is 2.24. The van der Waals surface area contributed by atoms with E-state index in [1.165, 1.54) is 50.5 Å². The van der Waals surface area contributed by atoms with Gasteiger partial charge < -0.3 is 14.8 Å². The van der Waals surface area contributed by atoms with E-state index in [1.807, 2.05) is 18.5 Å². The summed E-state index contributed by atoms with van der Waals surface area (Å²) in [5.74, 6) is 3.69. The Kier molecular flexibility index (Phi) is 6.47. The molecule has 2 aliphatic rings. The number of likely N-dealkylation sites (tertiary alicyclic amines) is 1. The molecule has 0 radical (unpaired) electrons. The van der Waals surface area contributed by atoms with Gasteiger partial charge in [0.15, 0.2) is 11.8 Å². The molecule has 0 atom stereocenters. The van der Waals surface area contributed by atoms with Crippen molar-refractivity contribution >= 4 is 5.96 Å². The number of piperidine rings is 1. The van der Waals surface area contributed by atoms with Gasteiger partial charge in [-0.25, -0.2) is 4.99 Å². The van der Waals surface area contributed by atoms with Crippen molar-refractivity contribution in [3.8, 4) is 0 Å². The molecule has 1 aliphatic carbocycles. The molecule has 2 aromatic rings. The summed E-state index contributed by atoms with van der Waals surface area (Å²) in [6.07, 6.45) is 8.81. The van der Waals surface area contributed by atoms with Crippen LogP contribution in [0.2, 0.25) is 0 Å². The molecular weight excluding hydrogens is 360 g/mol.